The average Bonchev–Trinajstić information content (AvgIpc) is 2.28. The first-order chi connectivity index (χ1) is 6.85. The summed E-state index contributed by atoms with van der Waals surface area (Å²) >= 11 is 12.2. The van der Waals surface area contributed by atoms with Gasteiger partial charge in [0.05, 0.1) is 10.7 Å². The number of rotatable bonds is 0. The fourth-order valence-corrected chi connectivity index (χ4v) is 2.71. The molecule has 1 aliphatic rings. The summed E-state index contributed by atoms with van der Waals surface area (Å²) in [6, 6.07) is 3.74. The number of hydrogen-bond donors (Lipinski definition) is 0. The zero-order valence-electron chi connectivity index (χ0n) is 9.06. The van der Waals surface area contributed by atoms with Crippen molar-refractivity contribution in [1.29, 1.82) is 0 Å². The molecule has 0 saturated heterocycles. The molecule has 2 rings (SSSR count). The van der Waals surface area contributed by atoms with Gasteiger partial charge in [-0.15, -0.1) is 0 Å². The first kappa shape index (κ1) is 10.8. The first-order valence-corrected chi connectivity index (χ1v) is 5.54. The molecule has 1 aliphatic heterocycles. The quantitative estimate of drug-likeness (QED) is 0.657. The Balaban J connectivity index is 2.77. The van der Waals surface area contributed by atoms with Crippen LogP contribution in [0.5, 0.6) is 0 Å². The van der Waals surface area contributed by atoms with Gasteiger partial charge in [0.1, 0.15) is 0 Å². The van der Waals surface area contributed by atoms with Gasteiger partial charge in [-0.1, -0.05) is 43.6 Å². The smallest absolute Gasteiger partial charge is 0.0660 e. The van der Waals surface area contributed by atoms with Crippen molar-refractivity contribution in [2.75, 3.05) is 11.9 Å². The summed E-state index contributed by atoms with van der Waals surface area (Å²) in [5, 5.41) is 1.36. The topological polar surface area (TPSA) is 3.24 Å². The average molecular weight is 242 g/mol. The predicted molar refractivity (Wildman–Crippen MR) is 67.0 cm³/mol. The third-order valence-corrected chi connectivity index (χ3v) is 3.67. The molecule has 1 nitrogen and oxygen atoms in total. The predicted octanol–water partition coefficient (Wildman–Crippen LogP) is 4.23. The van der Waals surface area contributed by atoms with Crippen LogP contribution < -0.4 is 4.90 Å². The van der Waals surface area contributed by atoms with Gasteiger partial charge in [-0.2, -0.15) is 0 Å². The van der Waals surface area contributed by atoms with Crippen molar-refractivity contribution in [1.82, 2.24) is 0 Å². The monoisotopic (exact) mass is 241 g/mol. The van der Waals surface area contributed by atoms with Crippen molar-refractivity contribution in [3.63, 3.8) is 0 Å². The second kappa shape index (κ2) is 3.16. The lowest BCUT2D eigenvalue weighted by Crippen LogP contribution is -2.21. The van der Waals surface area contributed by atoms with Crippen LogP contribution in [0.3, 0.4) is 0 Å². The van der Waals surface area contributed by atoms with Crippen LogP contribution in [0.1, 0.15) is 19.4 Å². The van der Waals surface area contributed by atoms with Crippen molar-refractivity contribution in [3.8, 4) is 0 Å². The zero-order valence-corrected chi connectivity index (χ0v) is 10.6. The summed E-state index contributed by atoms with van der Waals surface area (Å²) < 4.78 is 0. The molecular weight excluding hydrogens is 229 g/mol. The van der Waals surface area contributed by atoms with E-state index in [1.165, 1.54) is 0 Å². The van der Waals surface area contributed by atoms with E-state index in [2.05, 4.69) is 20.4 Å². The van der Waals surface area contributed by atoms with Gasteiger partial charge in [0, 0.05) is 23.2 Å². The number of anilines is 1. The fourth-order valence-electron chi connectivity index (χ4n) is 2.09. The Labute approximate surface area is 100 Å². The summed E-state index contributed by atoms with van der Waals surface area (Å²) in [6.45, 7) is 8.36. The highest BCUT2D eigenvalue weighted by molar-refractivity contribution is 6.37. The zero-order chi connectivity index (χ0) is 11.4. The number of allylic oxidation sites excluding steroid dienone is 1. The van der Waals surface area contributed by atoms with Gasteiger partial charge >= 0.3 is 0 Å². The number of likely N-dealkylation sites (N-methyl/N-ethyl adjacent to an activating group) is 1. The minimum absolute atomic E-state index is 0.0986. The highest BCUT2D eigenvalue weighted by Gasteiger charge is 2.38. The summed E-state index contributed by atoms with van der Waals surface area (Å²) in [7, 11) is 1.98. The standard InChI is InChI=1S/C12H13Cl2N/c1-7-12(2,3)9-5-8(13)6-10(14)11(9)15(7)4/h5-6H,1H2,2-4H3. The number of nitrogens with zero attached hydrogens (tertiary/aromatic N) is 1. The van der Waals surface area contributed by atoms with Crippen LogP contribution in [0.25, 0.3) is 0 Å². The molecule has 0 atom stereocenters. The maximum absolute atomic E-state index is 6.20. The van der Waals surface area contributed by atoms with Gasteiger partial charge in [0.25, 0.3) is 0 Å². The number of halogens is 2. The number of fused-ring (bicyclic) bond motifs is 1. The van der Waals surface area contributed by atoms with Crippen molar-refractivity contribution >= 4 is 28.9 Å². The van der Waals surface area contributed by atoms with Crippen LogP contribution in [0, 0.1) is 0 Å². The van der Waals surface area contributed by atoms with E-state index in [9.17, 15) is 0 Å². The second-order valence-electron chi connectivity index (χ2n) is 4.41. The lowest BCUT2D eigenvalue weighted by molar-refractivity contribution is 0.643. The van der Waals surface area contributed by atoms with Crippen molar-refractivity contribution in [3.05, 3.63) is 40.0 Å². The lowest BCUT2D eigenvalue weighted by atomic mass is 9.84. The fraction of sp³-hybridized carbons (Fsp3) is 0.333. The minimum atomic E-state index is -0.0986. The third-order valence-electron chi connectivity index (χ3n) is 3.16. The van der Waals surface area contributed by atoms with Gasteiger partial charge in [-0.05, 0) is 17.7 Å². The molecule has 1 aromatic carbocycles. The molecule has 0 aliphatic carbocycles. The Morgan fingerprint density at radius 1 is 1.27 bits per heavy atom. The molecule has 3 heteroatoms. The van der Waals surface area contributed by atoms with E-state index in [4.69, 9.17) is 23.2 Å². The molecule has 0 unspecified atom stereocenters. The van der Waals surface area contributed by atoms with E-state index in [1.807, 2.05) is 18.0 Å². The number of hydrogen-bond acceptors (Lipinski definition) is 1. The van der Waals surface area contributed by atoms with Gasteiger partial charge in [0.2, 0.25) is 0 Å². The molecule has 80 valence electrons. The van der Waals surface area contributed by atoms with Gasteiger partial charge in [-0.25, -0.2) is 0 Å². The van der Waals surface area contributed by atoms with Crippen LogP contribution in [0.4, 0.5) is 5.69 Å². The molecule has 0 spiro atoms. The molecule has 0 bridgehead atoms. The Morgan fingerprint density at radius 2 is 1.87 bits per heavy atom. The van der Waals surface area contributed by atoms with E-state index in [1.54, 1.807) is 6.07 Å². The van der Waals surface area contributed by atoms with Crippen molar-refractivity contribution in [2.45, 2.75) is 19.3 Å². The lowest BCUT2D eigenvalue weighted by Gasteiger charge is -2.22. The van der Waals surface area contributed by atoms with Crippen LogP contribution in [0.2, 0.25) is 10.0 Å². The van der Waals surface area contributed by atoms with Gasteiger partial charge in [-0.3, -0.25) is 0 Å². The molecule has 0 radical (unpaired) electrons. The van der Waals surface area contributed by atoms with Crippen LogP contribution in [-0.2, 0) is 5.41 Å². The summed E-state index contributed by atoms with van der Waals surface area (Å²) in [6.07, 6.45) is 0. The Bertz CT molecular complexity index is 449. The van der Waals surface area contributed by atoms with Crippen molar-refractivity contribution < 1.29 is 0 Å². The van der Waals surface area contributed by atoms with E-state index in [0.29, 0.717) is 10.0 Å². The normalized spacial score (nSPS) is 18.2. The molecular formula is C12H13Cl2N. The molecule has 0 saturated carbocycles. The summed E-state index contributed by atoms with van der Waals surface area (Å²) in [5.41, 5.74) is 3.11. The Kier molecular flexibility index (Phi) is 2.29. The molecule has 15 heavy (non-hydrogen) atoms. The molecule has 0 fully saturated rings. The van der Waals surface area contributed by atoms with Crippen LogP contribution >= 0.6 is 23.2 Å². The van der Waals surface area contributed by atoms with Crippen LogP contribution in [0.15, 0.2) is 24.4 Å². The highest BCUT2D eigenvalue weighted by atomic mass is 35.5. The summed E-state index contributed by atoms with van der Waals surface area (Å²) in [5.74, 6) is 0. The molecule has 0 aromatic heterocycles. The third kappa shape index (κ3) is 1.37. The molecule has 0 N–H and O–H groups in total. The molecule has 1 aromatic rings. The maximum atomic E-state index is 6.20. The SMILES string of the molecule is C=C1N(C)c2c(Cl)cc(Cl)cc2C1(C)C. The number of benzene rings is 1. The van der Waals surface area contributed by atoms with Crippen molar-refractivity contribution in [2.24, 2.45) is 0 Å². The summed E-state index contributed by atoms with van der Waals surface area (Å²) in [4.78, 5) is 2.04. The maximum Gasteiger partial charge on any atom is 0.0660 e. The minimum Gasteiger partial charge on any atom is -0.346 e. The Morgan fingerprint density at radius 3 is 2.47 bits per heavy atom. The van der Waals surface area contributed by atoms with E-state index >= 15 is 0 Å². The van der Waals surface area contributed by atoms with E-state index < -0.39 is 0 Å². The van der Waals surface area contributed by atoms with Gasteiger partial charge < -0.3 is 4.90 Å². The Hall–Kier alpha value is -0.660. The van der Waals surface area contributed by atoms with Crippen LogP contribution in [-0.4, -0.2) is 7.05 Å². The van der Waals surface area contributed by atoms with E-state index in [-0.39, 0.29) is 5.41 Å². The molecule has 0 amide bonds. The first-order valence-electron chi connectivity index (χ1n) is 4.78. The highest BCUT2D eigenvalue weighted by Crippen LogP contribution is 2.50. The van der Waals surface area contributed by atoms with Gasteiger partial charge in [0.15, 0.2) is 0 Å². The largest absolute Gasteiger partial charge is 0.346 e. The second-order valence-corrected chi connectivity index (χ2v) is 5.26. The van der Waals surface area contributed by atoms with E-state index in [0.717, 1.165) is 16.9 Å². The molecule has 1 heterocycles.